The summed E-state index contributed by atoms with van der Waals surface area (Å²) in [6.45, 7) is 2.03. The number of nitrogens with zero attached hydrogens (tertiary/aromatic N) is 1. The maximum atomic E-state index is 11.9. The van der Waals surface area contributed by atoms with Gasteiger partial charge in [0, 0.05) is 15.8 Å². The molecule has 0 radical (unpaired) electrons. The van der Waals surface area contributed by atoms with E-state index < -0.39 is 5.97 Å². The second-order valence-electron chi connectivity index (χ2n) is 3.75. The zero-order chi connectivity index (χ0) is 13.5. The summed E-state index contributed by atoms with van der Waals surface area (Å²) in [6.07, 6.45) is 0.716. The van der Waals surface area contributed by atoms with Gasteiger partial charge in [0.05, 0.1) is 0 Å². The van der Waals surface area contributed by atoms with E-state index in [0.717, 1.165) is 3.57 Å². The van der Waals surface area contributed by atoms with Crippen molar-refractivity contribution >= 4 is 40.3 Å². The lowest BCUT2D eigenvalue weighted by Gasteiger charge is -2.20. The molecule has 0 bridgehead atoms. The number of rotatable bonds is 5. The number of carbonyl (C=O) groups is 2. The van der Waals surface area contributed by atoms with Gasteiger partial charge >= 0.3 is 12.0 Å². The Morgan fingerprint density at radius 1 is 1.33 bits per heavy atom. The molecule has 6 heteroatoms. The van der Waals surface area contributed by atoms with Gasteiger partial charge in [-0.05, 0) is 53.3 Å². The molecule has 0 aliphatic carbocycles. The summed E-state index contributed by atoms with van der Waals surface area (Å²) in [7, 11) is 0. The largest absolute Gasteiger partial charge is 0.480 e. The molecule has 1 rings (SSSR count). The van der Waals surface area contributed by atoms with Crippen LogP contribution in [0.1, 0.15) is 13.3 Å². The SMILES string of the molecule is CCCN(CC(=O)O)C(=O)Nc1ccc(I)cc1. The van der Waals surface area contributed by atoms with Crippen molar-refractivity contribution < 1.29 is 14.7 Å². The Kier molecular flexibility index (Phi) is 5.90. The van der Waals surface area contributed by atoms with Crippen molar-refractivity contribution in [2.24, 2.45) is 0 Å². The third-order valence-corrected chi connectivity index (χ3v) is 2.92. The van der Waals surface area contributed by atoms with Gasteiger partial charge in [0.25, 0.3) is 0 Å². The van der Waals surface area contributed by atoms with Crippen LogP contribution in [-0.4, -0.2) is 35.1 Å². The number of carboxylic acids is 1. The first-order valence-corrected chi connectivity index (χ1v) is 6.64. The van der Waals surface area contributed by atoms with E-state index in [1.807, 2.05) is 19.1 Å². The number of carbonyl (C=O) groups excluding carboxylic acids is 1. The number of nitrogens with one attached hydrogen (secondary N) is 1. The average molecular weight is 362 g/mol. The van der Waals surface area contributed by atoms with Crippen LogP contribution < -0.4 is 5.32 Å². The van der Waals surface area contributed by atoms with Crippen molar-refractivity contribution in [1.29, 1.82) is 0 Å². The van der Waals surface area contributed by atoms with E-state index in [1.165, 1.54) is 4.90 Å². The molecule has 0 heterocycles. The Morgan fingerprint density at radius 2 is 1.94 bits per heavy atom. The highest BCUT2D eigenvalue weighted by atomic mass is 127. The summed E-state index contributed by atoms with van der Waals surface area (Å²) >= 11 is 2.17. The highest BCUT2D eigenvalue weighted by Gasteiger charge is 2.15. The Labute approximate surface area is 119 Å². The van der Waals surface area contributed by atoms with Crippen LogP contribution in [0.3, 0.4) is 0 Å². The van der Waals surface area contributed by atoms with E-state index in [9.17, 15) is 9.59 Å². The van der Waals surface area contributed by atoms with Crippen molar-refractivity contribution in [2.75, 3.05) is 18.4 Å². The third kappa shape index (κ3) is 4.91. The molecule has 0 fully saturated rings. The normalized spacial score (nSPS) is 9.89. The third-order valence-electron chi connectivity index (χ3n) is 2.20. The fourth-order valence-corrected chi connectivity index (χ4v) is 1.78. The van der Waals surface area contributed by atoms with Crippen LogP contribution in [0.25, 0.3) is 0 Å². The number of aliphatic carboxylic acids is 1. The molecule has 98 valence electrons. The summed E-state index contributed by atoms with van der Waals surface area (Å²) in [4.78, 5) is 23.8. The van der Waals surface area contributed by atoms with E-state index in [1.54, 1.807) is 12.1 Å². The van der Waals surface area contributed by atoms with Gasteiger partial charge in [-0.1, -0.05) is 6.92 Å². The lowest BCUT2D eigenvalue weighted by Crippen LogP contribution is -2.39. The Hall–Kier alpha value is -1.31. The summed E-state index contributed by atoms with van der Waals surface area (Å²) in [5, 5.41) is 11.4. The first kappa shape index (κ1) is 14.7. The van der Waals surface area contributed by atoms with Gasteiger partial charge in [-0.15, -0.1) is 0 Å². The molecule has 18 heavy (non-hydrogen) atoms. The number of anilines is 1. The number of urea groups is 1. The second kappa shape index (κ2) is 7.20. The molecule has 2 amide bonds. The zero-order valence-electron chi connectivity index (χ0n) is 10.0. The van der Waals surface area contributed by atoms with Gasteiger partial charge in [-0.2, -0.15) is 0 Å². The Bertz CT molecular complexity index is 420. The summed E-state index contributed by atoms with van der Waals surface area (Å²) in [5.41, 5.74) is 0.659. The first-order valence-electron chi connectivity index (χ1n) is 5.56. The highest BCUT2D eigenvalue weighted by Crippen LogP contribution is 2.11. The van der Waals surface area contributed by atoms with E-state index in [4.69, 9.17) is 5.11 Å². The van der Waals surface area contributed by atoms with Gasteiger partial charge < -0.3 is 15.3 Å². The van der Waals surface area contributed by atoms with Gasteiger partial charge in [-0.3, -0.25) is 4.79 Å². The average Bonchev–Trinajstić information content (AvgIpc) is 2.31. The lowest BCUT2D eigenvalue weighted by molar-refractivity contribution is -0.137. The molecule has 0 aromatic heterocycles. The molecule has 0 aliphatic rings. The molecule has 1 aromatic rings. The van der Waals surface area contributed by atoms with Crippen LogP contribution >= 0.6 is 22.6 Å². The van der Waals surface area contributed by atoms with Crippen LogP contribution in [0.15, 0.2) is 24.3 Å². The highest BCUT2D eigenvalue weighted by molar-refractivity contribution is 14.1. The number of carboxylic acid groups (broad SMARTS) is 1. The summed E-state index contributed by atoms with van der Waals surface area (Å²) in [6, 6.07) is 6.92. The van der Waals surface area contributed by atoms with Gasteiger partial charge in [0.15, 0.2) is 0 Å². The Balaban J connectivity index is 2.65. The van der Waals surface area contributed by atoms with Crippen LogP contribution in [0.4, 0.5) is 10.5 Å². The number of hydrogen-bond acceptors (Lipinski definition) is 2. The molecule has 5 nitrogen and oxygen atoms in total. The number of halogens is 1. The molecule has 0 saturated carbocycles. The maximum absolute atomic E-state index is 11.9. The number of benzene rings is 1. The van der Waals surface area contributed by atoms with E-state index in [2.05, 4.69) is 27.9 Å². The minimum absolute atomic E-state index is 0.288. The number of hydrogen-bond donors (Lipinski definition) is 2. The van der Waals surface area contributed by atoms with Crippen molar-refractivity contribution in [3.05, 3.63) is 27.8 Å². The second-order valence-corrected chi connectivity index (χ2v) is 5.00. The fraction of sp³-hybridized carbons (Fsp3) is 0.333. The van der Waals surface area contributed by atoms with E-state index in [-0.39, 0.29) is 12.6 Å². The maximum Gasteiger partial charge on any atom is 0.323 e. The van der Waals surface area contributed by atoms with Crippen molar-refractivity contribution in [2.45, 2.75) is 13.3 Å². The van der Waals surface area contributed by atoms with Crippen molar-refractivity contribution in [3.8, 4) is 0 Å². The van der Waals surface area contributed by atoms with Gasteiger partial charge in [-0.25, -0.2) is 4.79 Å². The first-order chi connectivity index (χ1) is 8.52. The lowest BCUT2D eigenvalue weighted by atomic mass is 10.3. The number of amides is 2. The van der Waals surface area contributed by atoms with Crippen LogP contribution in [0.5, 0.6) is 0 Å². The minimum atomic E-state index is -1.01. The summed E-state index contributed by atoms with van der Waals surface area (Å²) in [5.74, 6) is -1.01. The molecule has 0 spiro atoms. The molecule has 0 unspecified atom stereocenters. The minimum Gasteiger partial charge on any atom is -0.480 e. The quantitative estimate of drug-likeness (QED) is 0.792. The molecular formula is C12H15IN2O3. The molecule has 2 N–H and O–H groups in total. The standard InChI is InChI=1S/C12H15IN2O3/c1-2-7-15(8-11(16)17)12(18)14-10-5-3-9(13)4-6-10/h3-6H,2,7-8H2,1H3,(H,14,18)(H,16,17). The van der Waals surface area contributed by atoms with Crippen molar-refractivity contribution in [3.63, 3.8) is 0 Å². The van der Waals surface area contributed by atoms with Gasteiger partial charge in [0.1, 0.15) is 6.54 Å². The van der Waals surface area contributed by atoms with Crippen LogP contribution in [-0.2, 0) is 4.79 Å². The van der Waals surface area contributed by atoms with E-state index >= 15 is 0 Å². The molecular weight excluding hydrogens is 347 g/mol. The smallest absolute Gasteiger partial charge is 0.323 e. The predicted molar refractivity (Wildman–Crippen MR) is 77.7 cm³/mol. The monoisotopic (exact) mass is 362 g/mol. The molecule has 0 aliphatic heterocycles. The van der Waals surface area contributed by atoms with Crippen LogP contribution in [0, 0.1) is 3.57 Å². The van der Waals surface area contributed by atoms with Crippen molar-refractivity contribution in [1.82, 2.24) is 4.90 Å². The molecule has 0 saturated heterocycles. The topological polar surface area (TPSA) is 69.6 Å². The molecule has 0 atom stereocenters. The predicted octanol–water partition coefficient (Wildman–Crippen LogP) is 2.62. The Morgan fingerprint density at radius 3 is 2.44 bits per heavy atom. The zero-order valence-corrected chi connectivity index (χ0v) is 12.2. The fourth-order valence-electron chi connectivity index (χ4n) is 1.42. The van der Waals surface area contributed by atoms with Gasteiger partial charge in [0.2, 0.25) is 0 Å². The van der Waals surface area contributed by atoms with E-state index in [0.29, 0.717) is 18.7 Å². The van der Waals surface area contributed by atoms with Crippen LogP contribution in [0.2, 0.25) is 0 Å². The molecule has 1 aromatic carbocycles. The summed E-state index contributed by atoms with van der Waals surface area (Å²) < 4.78 is 1.07.